The second-order valence-corrected chi connectivity index (χ2v) is 6.03. The average Bonchev–Trinajstić information content (AvgIpc) is 2.62. The lowest BCUT2D eigenvalue weighted by Crippen LogP contribution is -2.30. The van der Waals surface area contributed by atoms with Gasteiger partial charge in [0.25, 0.3) is 5.91 Å². The molecule has 0 atom stereocenters. The highest BCUT2D eigenvalue weighted by molar-refractivity contribution is 5.94. The molecule has 0 radical (unpaired) electrons. The Morgan fingerprint density at radius 2 is 1.87 bits per heavy atom. The number of hydrogen-bond acceptors (Lipinski definition) is 3. The van der Waals surface area contributed by atoms with Gasteiger partial charge >= 0.3 is 0 Å². The zero-order valence-electron chi connectivity index (χ0n) is 13.2. The van der Waals surface area contributed by atoms with Crippen molar-refractivity contribution in [3.63, 3.8) is 0 Å². The molecule has 0 aliphatic heterocycles. The Hall–Kier alpha value is -2.36. The largest absolute Gasteiger partial charge is 0.456 e. The summed E-state index contributed by atoms with van der Waals surface area (Å²) in [4.78, 5) is 16.2. The van der Waals surface area contributed by atoms with Gasteiger partial charge in [0.05, 0.1) is 6.20 Å². The number of amides is 1. The lowest BCUT2D eigenvalue weighted by Gasteiger charge is -2.21. The fourth-order valence-corrected chi connectivity index (χ4v) is 2.95. The molecule has 0 spiro atoms. The van der Waals surface area contributed by atoms with Crippen LogP contribution in [-0.4, -0.2) is 17.4 Å². The van der Waals surface area contributed by atoms with Crippen molar-refractivity contribution >= 4 is 5.91 Å². The van der Waals surface area contributed by atoms with Gasteiger partial charge in [-0.1, -0.05) is 19.3 Å². The third-order valence-electron chi connectivity index (χ3n) is 4.26. The van der Waals surface area contributed by atoms with Crippen molar-refractivity contribution in [2.75, 3.05) is 6.54 Å². The maximum Gasteiger partial charge on any atom is 0.251 e. The Balaban J connectivity index is 1.52. The van der Waals surface area contributed by atoms with Crippen molar-refractivity contribution < 1.29 is 9.53 Å². The van der Waals surface area contributed by atoms with E-state index in [-0.39, 0.29) is 5.91 Å². The molecule has 1 aliphatic carbocycles. The van der Waals surface area contributed by atoms with Crippen molar-refractivity contribution in [1.82, 2.24) is 10.3 Å². The number of aromatic nitrogens is 1. The molecule has 1 saturated carbocycles. The van der Waals surface area contributed by atoms with E-state index in [2.05, 4.69) is 10.3 Å². The van der Waals surface area contributed by atoms with E-state index in [0.29, 0.717) is 23.0 Å². The molecule has 3 rings (SSSR count). The Morgan fingerprint density at radius 3 is 2.57 bits per heavy atom. The number of carbonyl (C=O) groups excluding carboxylic acids is 1. The van der Waals surface area contributed by atoms with Crippen molar-refractivity contribution in [3.05, 3.63) is 54.4 Å². The molecule has 1 aliphatic rings. The van der Waals surface area contributed by atoms with Gasteiger partial charge in [0.15, 0.2) is 0 Å². The van der Waals surface area contributed by atoms with Gasteiger partial charge in [-0.2, -0.15) is 0 Å². The molecule has 120 valence electrons. The minimum atomic E-state index is -0.0106. The second kappa shape index (κ2) is 7.77. The van der Waals surface area contributed by atoms with Gasteiger partial charge in [-0.05, 0) is 55.2 Å². The first-order chi connectivity index (χ1) is 11.3. The molecular weight excluding hydrogens is 288 g/mol. The van der Waals surface area contributed by atoms with Gasteiger partial charge in [0.2, 0.25) is 0 Å². The van der Waals surface area contributed by atoms with E-state index in [9.17, 15) is 4.79 Å². The highest BCUT2D eigenvalue weighted by Crippen LogP contribution is 2.23. The van der Waals surface area contributed by atoms with Crippen molar-refractivity contribution in [1.29, 1.82) is 0 Å². The van der Waals surface area contributed by atoms with Crippen LogP contribution in [0.15, 0.2) is 48.8 Å². The summed E-state index contributed by atoms with van der Waals surface area (Å²) in [6.45, 7) is 0.784. The standard InChI is InChI=1S/C19H22N2O2/c22-19(21-13-15-5-2-1-3-6-15)16-8-10-17(11-9-16)23-18-7-4-12-20-14-18/h4,7-12,14-15H,1-3,5-6,13H2,(H,21,22). The SMILES string of the molecule is O=C(NCC1CCCCC1)c1ccc(Oc2cccnc2)cc1. The molecule has 1 aromatic carbocycles. The smallest absolute Gasteiger partial charge is 0.251 e. The first kappa shape index (κ1) is 15.5. The van der Waals surface area contributed by atoms with E-state index < -0.39 is 0 Å². The summed E-state index contributed by atoms with van der Waals surface area (Å²) in [5, 5.41) is 3.05. The highest BCUT2D eigenvalue weighted by atomic mass is 16.5. The molecule has 4 nitrogen and oxygen atoms in total. The Labute approximate surface area is 136 Å². The van der Waals surface area contributed by atoms with Crippen molar-refractivity contribution in [3.8, 4) is 11.5 Å². The first-order valence-corrected chi connectivity index (χ1v) is 8.27. The molecule has 0 unspecified atom stereocenters. The number of nitrogens with one attached hydrogen (secondary N) is 1. The second-order valence-electron chi connectivity index (χ2n) is 6.03. The predicted molar refractivity (Wildman–Crippen MR) is 89.7 cm³/mol. The summed E-state index contributed by atoms with van der Waals surface area (Å²) in [5.74, 6) is 2.01. The van der Waals surface area contributed by atoms with Crippen LogP contribution in [-0.2, 0) is 0 Å². The minimum absolute atomic E-state index is 0.0106. The number of pyridine rings is 1. The topological polar surface area (TPSA) is 51.2 Å². The van der Waals surface area contributed by atoms with E-state index in [1.165, 1.54) is 32.1 Å². The number of rotatable bonds is 5. The Kier molecular flexibility index (Phi) is 5.25. The van der Waals surface area contributed by atoms with Gasteiger partial charge < -0.3 is 10.1 Å². The van der Waals surface area contributed by atoms with Crippen LogP contribution >= 0.6 is 0 Å². The number of carbonyl (C=O) groups is 1. The van der Waals surface area contributed by atoms with E-state index >= 15 is 0 Å². The predicted octanol–water partition coefficient (Wildman–Crippen LogP) is 4.18. The van der Waals surface area contributed by atoms with Crippen LogP contribution in [0.25, 0.3) is 0 Å². The van der Waals surface area contributed by atoms with E-state index in [1.54, 1.807) is 24.5 Å². The molecule has 0 saturated heterocycles. The van der Waals surface area contributed by atoms with Crippen LogP contribution in [0.3, 0.4) is 0 Å². The van der Waals surface area contributed by atoms with Crippen LogP contribution < -0.4 is 10.1 Å². The van der Waals surface area contributed by atoms with Crippen LogP contribution in [0.1, 0.15) is 42.5 Å². The van der Waals surface area contributed by atoms with E-state index in [1.807, 2.05) is 24.3 Å². The van der Waals surface area contributed by atoms with Crippen molar-refractivity contribution in [2.45, 2.75) is 32.1 Å². The quantitative estimate of drug-likeness (QED) is 0.901. The maximum absolute atomic E-state index is 12.2. The summed E-state index contributed by atoms with van der Waals surface area (Å²) in [5.41, 5.74) is 0.666. The first-order valence-electron chi connectivity index (χ1n) is 8.27. The summed E-state index contributed by atoms with van der Waals surface area (Å²) >= 11 is 0. The minimum Gasteiger partial charge on any atom is -0.456 e. The van der Waals surface area contributed by atoms with Gasteiger partial charge in [-0.15, -0.1) is 0 Å². The van der Waals surface area contributed by atoms with E-state index in [0.717, 1.165) is 6.54 Å². The fraction of sp³-hybridized carbons (Fsp3) is 0.368. The Morgan fingerprint density at radius 1 is 1.09 bits per heavy atom. The molecule has 1 fully saturated rings. The van der Waals surface area contributed by atoms with Crippen LogP contribution in [0.4, 0.5) is 0 Å². The van der Waals surface area contributed by atoms with Gasteiger partial charge in [0.1, 0.15) is 11.5 Å². The normalized spacial score (nSPS) is 15.1. The van der Waals surface area contributed by atoms with Gasteiger partial charge in [-0.25, -0.2) is 0 Å². The molecule has 23 heavy (non-hydrogen) atoms. The average molecular weight is 310 g/mol. The number of benzene rings is 1. The summed E-state index contributed by atoms with van der Waals surface area (Å²) < 4.78 is 5.67. The molecule has 4 heteroatoms. The lowest BCUT2D eigenvalue weighted by atomic mass is 9.89. The Bertz CT molecular complexity index is 620. The molecule has 0 bridgehead atoms. The van der Waals surface area contributed by atoms with E-state index in [4.69, 9.17) is 4.74 Å². The molecule has 2 aromatic rings. The van der Waals surface area contributed by atoms with Gasteiger partial charge in [0, 0.05) is 18.3 Å². The molecule has 1 amide bonds. The molecule has 1 aromatic heterocycles. The molecule has 1 N–H and O–H groups in total. The van der Waals surface area contributed by atoms with Crippen LogP contribution in [0.5, 0.6) is 11.5 Å². The number of ether oxygens (including phenoxy) is 1. The highest BCUT2D eigenvalue weighted by Gasteiger charge is 2.14. The summed E-state index contributed by atoms with van der Waals surface area (Å²) in [7, 11) is 0. The third-order valence-corrected chi connectivity index (χ3v) is 4.26. The van der Waals surface area contributed by atoms with Crippen molar-refractivity contribution in [2.24, 2.45) is 5.92 Å². The lowest BCUT2D eigenvalue weighted by molar-refractivity contribution is 0.0943. The van der Waals surface area contributed by atoms with Crippen LogP contribution in [0, 0.1) is 5.92 Å². The van der Waals surface area contributed by atoms with Gasteiger partial charge in [-0.3, -0.25) is 9.78 Å². The molecular formula is C19H22N2O2. The summed E-state index contributed by atoms with van der Waals surface area (Å²) in [6, 6.07) is 10.9. The molecule has 1 heterocycles. The maximum atomic E-state index is 12.2. The zero-order chi connectivity index (χ0) is 15.9. The van der Waals surface area contributed by atoms with Crippen LogP contribution in [0.2, 0.25) is 0 Å². The third kappa shape index (κ3) is 4.55. The number of nitrogens with zero attached hydrogens (tertiary/aromatic N) is 1. The fourth-order valence-electron chi connectivity index (χ4n) is 2.95. The monoisotopic (exact) mass is 310 g/mol. The zero-order valence-corrected chi connectivity index (χ0v) is 13.2. The number of hydrogen-bond donors (Lipinski definition) is 1. The summed E-state index contributed by atoms with van der Waals surface area (Å²) in [6.07, 6.45) is 9.75.